The highest BCUT2D eigenvalue weighted by atomic mass is 16.3. The van der Waals surface area contributed by atoms with Crippen molar-refractivity contribution in [2.24, 2.45) is 0 Å². The first-order chi connectivity index (χ1) is 8.36. The number of fused-ring (bicyclic) bond motifs is 1. The first-order valence-corrected chi connectivity index (χ1v) is 5.42. The van der Waals surface area contributed by atoms with Gasteiger partial charge < -0.3 is 4.42 Å². The van der Waals surface area contributed by atoms with Gasteiger partial charge in [0.1, 0.15) is 11.8 Å². The molecule has 0 saturated carbocycles. The van der Waals surface area contributed by atoms with Gasteiger partial charge in [0.25, 0.3) is 0 Å². The van der Waals surface area contributed by atoms with Crippen LogP contribution in [0, 0.1) is 0 Å². The highest BCUT2D eigenvalue weighted by Crippen LogP contribution is 2.23. The number of ketones is 1. The van der Waals surface area contributed by atoms with Gasteiger partial charge in [-0.1, -0.05) is 48.5 Å². The Morgan fingerprint density at radius 3 is 2.41 bits per heavy atom. The second-order valence-electron chi connectivity index (χ2n) is 3.84. The standard InChI is InChI=1S/C15H10O2/c16-15(11-6-2-1-3-7-11)13-10-17-14-9-5-4-8-12(13)14/h1-10H. The Hall–Kier alpha value is -2.35. The Morgan fingerprint density at radius 2 is 1.59 bits per heavy atom. The lowest BCUT2D eigenvalue weighted by molar-refractivity contribution is 0.103. The molecule has 0 radical (unpaired) electrons. The van der Waals surface area contributed by atoms with Crippen molar-refractivity contribution in [1.82, 2.24) is 0 Å². The maximum Gasteiger partial charge on any atom is 0.196 e. The van der Waals surface area contributed by atoms with Crippen molar-refractivity contribution in [2.75, 3.05) is 0 Å². The number of hydrogen-bond donors (Lipinski definition) is 0. The zero-order valence-corrected chi connectivity index (χ0v) is 9.09. The minimum Gasteiger partial charge on any atom is -0.464 e. The summed E-state index contributed by atoms with van der Waals surface area (Å²) in [6.07, 6.45) is 1.53. The Bertz CT molecular complexity index is 665. The number of furan rings is 1. The smallest absolute Gasteiger partial charge is 0.196 e. The van der Waals surface area contributed by atoms with E-state index in [4.69, 9.17) is 4.42 Å². The summed E-state index contributed by atoms with van der Waals surface area (Å²) in [7, 11) is 0. The van der Waals surface area contributed by atoms with E-state index in [0.717, 1.165) is 11.0 Å². The van der Waals surface area contributed by atoms with E-state index in [-0.39, 0.29) is 5.78 Å². The fourth-order valence-corrected chi connectivity index (χ4v) is 1.90. The molecule has 2 heteroatoms. The summed E-state index contributed by atoms with van der Waals surface area (Å²) in [5.41, 5.74) is 2.04. The molecule has 1 heterocycles. The lowest BCUT2D eigenvalue weighted by Gasteiger charge is -1.97. The van der Waals surface area contributed by atoms with E-state index in [9.17, 15) is 4.79 Å². The molecule has 0 unspecified atom stereocenters. The van der Waals surface area contributed by atoms with Crippen LogP contribution in [-0.2, 0) is 0 Å². The van der Waals surface area contributed by atoms with Gasteiger partial charge >= 0.3 is 0 Å². The van der Waals surface area contributed by atoms with Gasteiger partial charge in [-0.05, 0) is 6.07 Å². The lowest BCUT2D eigenvalue weighted by atomic mass is 10.0. The van der Waals surface area contributed by atoms with Gasteiger partial charge in [0.15, 0.2) is 5.78 Å². The van der Waals surface area contributed by atoms with Crippen LogP contribution < -0.4 is 0 Å². The van der Waals surface area contributed by atoms with Gasteiger partial charge in [0.05, 0.1) is 5.56 Å². The Balaban J connectivity index is 2.14. The molecule has 0 spiro atoms. The molecule has 0 amide bonds. The van der Waals surface area contributed by atoms with Crippen LogP contribution in [0.1, 0.15) is 15.9 Å². The third-order valence-electron chi connectivity index (χ3n) is 2.76. The molecule has 0 N–H and O–H groups in total. The third kappa shape index (κ3) is 1.64. The Morgan fingerprint density at radius 1 is 0.882 bits per heavy atom. The SMILES string of the molecule is O=C(c1ccccc1)c1coc2ccccc12. The van der Waals surface area contributed by atoms with Crippen molar-refractivity contribution in [3.63, 3.8) is 0 Å². The van der Waals surface area contributed by atoms with Crippen LogP contribution in [-0.4, -0.2) is 5.78 Å². The van der Waals surface area contributed by atoms with Crippen molar-refractivity contribution >= 4 is 16.8 Å². The van der Waals surface area contributed by atoms with E-state index in [2.05, 4.69) is 0 Å². The summed E-state index contributed by atoms with van der Waals surface area (Å²) in [6, 6.07) is 16.8. The van der Waals surface area contributed by atoms with Crippen LogP contribution in [0.15, 0.2) is 65.3 Å². The molecule has 0 aliphatic heterocycles. The van der Waals surface area contributed by atoms with Crippen molar-refractivity contribution in [3.8, 4) is 0 Å². The molecule has 2 aromatic carbocycles. The van der Waals surface area contributed by atoms with Crippen LogP contribution in [0.5, 0.6) is 0 Å². The predicted octanol–water partition coefficient (Wildman–Crippen LogP) is 3.66. The predicted molar refractivity (Wildman–Crippen MR) is 66.1 cm³/mol. The minimum atomic E-state index is -0.00412. The minimum absolute atomic E-state index is 0.00412. The maximum atomic E-state index is 12.3. The summed E-state index contributed by atoms with van der Waals surface area (Å²) in [6.45, 7) is 0. The first kappa shape index (κ1) is 9.85. The second-order valence-corrected chi connectivity index (χ2v) is 3.84. The molecule has 82 valence electrons. The largest absolute Gasteiger partial charge is 0.464 e. The van der Waals surface area contributed by atoms with Crippen molar-refractivity contribution in [1.29, 1.82) is 0 Å². The molecule has 2 nitrogen and oxygen atoms in total. The topological polar surface area (TPSA) is 30.2 Å². The number of carbonyl (C=O) groups is 1. The molecule has 17 heavy (non-hydrogen) atoms. The van der Waals surface area contributed by atoms with Crippen LogP contribution in [0.25, 0.3) is 11.0 Å². The molecule has 0 fully saturated rings. The lowest BCUT2D eigenvalue weighted by Crippen LogP contribution is -1.99. The highest BCUT2D eigenvalue weighted by molar-refractivity contribution is 6.15. The number of carbonyl (C=O) groups excluding carboxylic acids is 1. The normalized spacial score (nSPS) is 10.6. The summed E-state index contributed by atoms with van der Waals surface area (Å²) >= 11 is 0. The van der Waals surface area contributed by atoms with Crippen molar-refractivity contribution in [3.05, 3.63) is 72.0 Å². The number of hydrogen-bond acceptors (Lipinski definition) is 2. The van der Waals surface area contributed by atoms with Crippen LogP contribution in [0.3, 0.4) is 0 Å². The summed E-state index contributed by atoms with van der Waals surface area (Å²) in [4.78, 5) is 12.3. The van der Waals surface area contributed by atoms with E-state index < -0.39 is 0 Å². The average Bonchev–Trinajstić information content (AvgIpc) is 2.83. The number of benzene rings is 2. The molecular formula is C15H10O2. The fourth-order valence-electron chi connectivity index (χ4n) is 1.90. The van der Waals surface area contributed by atoms with Crippen molar-refractivity contribution in [2.45, 2.75) is 0 Å². The Kier molecular flexibility index (Phi) is 2.26. The summed E-state index contributed by atoms with van der Waals surface area (Å²) < 4.78 is 5.37. The van der Waals surface area contributed by atoms with Crippen LogP contribution in [0.2, 0.25) is 0 Å². The number of rotatable bonds is 2. The second kappa shape index (κ2) is 3.91. The van der Waals surface area contributed by atoms with Gasteiger partial charge in [-0.3, -0.25) is 4.79 Å². The van der Waals surface area contributed by atoms with Gasteiger partial charge in [-0.25, -0.2) is 0 Å². The Labute approximate surface area is 98.5 Å². The molecule has 3 aromatic rings. The van der Waals surface area contributed by atoms with Gasteiger partial charge in [-0.15, -0.1) is 0 Å². The van der Waals surface area contributed by atoms with Crippen molar-refractivity contribution < 1.29 is 9.21 Å². The highest BCUT2D eigenvalue weighted by Gasteiger charge is 2.14. The van der Waals surface area contributed by atoms with Crippen LogP contribution >= 0.6 is 0 Å². The summed E-state index contributed by atoms with van der Waals surface area (Å²) in [5, 5.41) is 0.862. The molecule has 0 aliphatic carbocycles. The van der Waals surface area contributed by atoms with Gasteiger partial charge in [0.2, 0.25) is 0 Å². The quantitative estimate of drug-likeness (QED) is 0.619. The first-order valence-electron chi connectivity index (χ1n) is 5.42. The molecule has 3 rings (SSSR count). The molecule has 0 saturated heterocycles. The molecular weight excluding hydrogens is 212 g/mol. The van der Waals surface area contributed by atoms with E-state index in [1.54, 1.807) is 0 Å². The fraction of sp³-hybridized carbons (Fsp3) is 0. The molecule has 1 aromatic heterocycles. The number of para-hydroxylation sites is 1. The molecule has 0 aliphatic rings. The van der Waals surface area contributed by atoms with E-state index in [1.807, 2.05) is 54.6 Å². The summed E-state index contributed by atoms with van der Waals surface area (Å²) in [5.74, 6) is -0.00412. The van der Waals surface area contributed by atoms with Gasteiger partial charge in [0, 0.05) is 10.9 Å². The van der Waals surface area contributed by atoms with Crippen LogP contribution in [0.4, 0.5) is 0 Å². The van der Waals surface area contributed by atoms with E-state index in [0.29, 0.717) is 11.1 Å². The van der Waals surface area contributed by atoms with E-state index in [1.165, 1.54) is 6.26 Å². The third-order valence-corrected chi connectivity index (χ3v) is 2.76. The molecule has 0 bridgehead atoms. The average molecular weight is 222 g/mol. The van der Waals surface area contributed by atoms with E-state index >= 15 is 0 Å². The molecule has 0 atom stereocenters. The maximum absolute atomic E-state index is 12.3. The zero-order valence-electron chi connectivity index (χ0n) is 9.09. The monoisotopic (exact) mass is 222 g/mol. The van der Waals surface area contributed by atoms with Gasteiger partial charge in [-0.2, -0.15) is 0 Å². The zero-order chi connectivity index (χ0) is 11.7.